The minimum atomic E-state index is -0.229. The number of anilines is 1. The van der Waals surface area contributed by atoms with E-state index in [9.17, 15) is 4.79 Å². The first-order chi connectivity index (χ1) is 13.2. The fourth-order valence-electron chi connectivity index (χ4n) is 2.61. The van der Waals surface area contributed by atoms with E-state index in [0.717, 1.165) is 17.7 Å². The average molecular weight is 376 g/mol. The Labute approximate surface area is 159 Å². The van der Waals surface area contributed by atoms with Crippen LogP contribution in [0.1, 0.15) is 22.8 Å². The van der Waals surface area contributed by atoms with Gasteiger partial charge in [0.1, 0.15) is 6.33 Å². The summed E-state index contributed by atoms with van der Waals surface area (Å²) < 4.78 is 1.50. The Kier molecular flexibility index (Phi) is 4.71. The first-order valence-corrected chi connectivity index (χ1v) is 9.30. The number of tetrazole rings is 1. The number of amides is 1. The van der Waals surface area contributed by atoms with Crippen molar-refractivity contribution in [3.8, 4) is 16.9 Å². The maximum Gasteiger partial charge on any atom is 0.257 e. The van der Waals surface area contributed by atoms with Crippen LogP contribution in [0.2, 0.25) is 0 Å². The highest BCUT2D eigenvalue weighted by atomic mass is 32.1. The monoisotopic (exact) mass is 376 g/mol. The molecule has 4 aromatic rings. The number of nitrogens with zero attached hydrogens (tertiary/aromatic N) is 5. The van der Waals surface area contributed by atoms with E-state index in [4.69, 9.17) is 0 Å². The van der Waals surface area contributed by atoms with Gasteiger partial charge in [0.2, 0.25) is 0 Å². The molecule has 1 amide bonds. The van der Waals surface area contributed by atoms with Gasteiger partial charge in [-0.2, -0.15) is 0 Å². The molecule has 0 aliphatic heterocycles. The van der Waals surface area contributed by atoms with Crippen molar-refractivity contribution in [1.29, 1.82) is 0 Å². The summed E-state index contributed by atoms with van der Waals surface area (Å²) in [6.45, 7) is 2.12. The molecule has 0 spiro atoms. The van der Waals surface area contributed by atoms with E-state index in [2.05, 4.69) is 57.0 Å². The van der Waals surface area contributed by atoms with Crippen LogP contribution in [0.25, 0.3) is 16.9 Å². The number of carbonyl (C=O) groups excluding carboxylic acids is 1. The van der Waals surface area contributed by atoms with Gasteiger partial charge in [-0.05, 0) is 40.6 Å². The van der Waals surface area contributed by atoms with Crippen molar-refractivity contribution in [2.45, 2.75) is 13.3 Å². The van der Waals surface area contributed by atoms with E-state index in [1.54, 1.807) is 18.2 Å². The van der Waals surface area contributed by atoms with Crippen molar-refractivity contribution >= 4 is 22.4 Å². The molecular weight excluding hydrogens is 360 g/mol. The van der Waals surface area contributed by atoms with Gasteiger partial charge in [-0.25, -0.2) is 9.67 Å². The van der Waals surface area contributed by atoms with Gasteiger partial charge in [0.05, 0.1) is 11.4 Å². The van der Waals surface area contributed by atoms with Crippen molar-refractivity contribution in [3.63, 3.8) is 0 Å². The van der Waals surface area contributed by atoms with Crippen LogP contribution in [0.5, 0.6) is 0 Å². The normalized spacial score (nSPS) is 10.7. The van der Waals surface area contributed by atoms with Crippen molar-refractivity contribution in [1.82, 2.24) is 25.2 Å². The quantitative estimate of drug-likeness (QED) is 0.575. The Bertz CT molecular complexity index is 1060. The average Bonchev–Trinajstić information content (AvgIpc) is 3.40. The molecule has 0 aliphatic carbocycles. The summed E-state index contributed by atoms with van der Waals surface area (Å²) >= 11 is 1.40. The van der Waals surface area contributed by atoms with Crippen molar-refractivity contribution < 1.29 is 4.79 Å². The van der Waals surface area contributed by atoms with Gasteiger partial charge >= 0.3 is 0 Å². The van der Waals surface area contributed by atoms with Crippen LogP contribution in [0.3, 0.4) is 0 Å². The van der Waals surface area contributed by atoms with Crippen LogP contribution in [-0.4, -0.2) is 31.1 Å². The molecule has 1 N–H and O–H groups in total. The summed E-state index contributed by atoms with van der Waals surface area (Å²) in [5.41, 5.74) is 4.38. The molecular formula is C19H16N6OS. The zero-order valence-corrected chi connectivity index (χ0v) is 15.3. The van der Waals surface area contributed by atoms with Crippen LogP contribution in [0.15, 0.2) is 60.2 Å². The molecule has 0 radical (unpaired) electrons. The van der Waals surface area contributed by atoms with Crippen molar-refractivity contribution in [2.24, 2.45) is 0 Å². The summed E-state index contributed by atoms with van der Waals surface area (Å²) in [5, 5.41) is 16.4. The van der Waals surface area contributed by atoms with Crippen LogP contribution >= 0.6 is 11.3 Å². The second-order valence-corrected chi connectivity index (χ2v) is 6.71. The largest absolute Gasteiger partial charge is 0.298 e. The third-order valence-electron chi connectivity index (χ3n) is 4.10. The molecule has 0 saturated carbocycles. The molecule has 2 aromatic carbocycles. The van der Waals surface area contributed by atoms with E-state index in [0.29, 0.717) is 16.4 Å². The molecule has 2 heterocycles. The molecule has 0 atom stereocenters. The SMILES string of the molecule is CCc1ccc(-c2csc(NC(=O)c3cccc(-n4cnnn4)c3)n2)cc1. The predicted octanol–water partition coefficient (Wildman–Crippen LogP) is 3.60. The standard InChI is InChI=1S/C19H16N6OS/c1-2-13-6-8-14(9-7-13)17-11-27-19(21-17)22-18(26)15-4-3-5-16(10-15)25-12-20-23-24-25/h3-12H,2H2,1H3,(H,21,22,26). The lowest BCUT2D eigenvalue weighted by Gasteiger charge is -2.04. The van der Waals surface area contributed by atoms with E-state index < -0.39 is 0 Å². The lowest BCUT2D eigenvalue weighted by molar-refractivity contribution is 0.102. The lowest BCUT2D eigenvalue weighted by atomic mass is 10.1. The second kappa shape index (κ2) is 7.46. The number of benzene rings is 2. The molecule has 0 bridgehead atoms. The zero-order valence-electron chi connectivity index (χ0n) is 14.5. The van der Waals surface area contributed by atoms with E-state index >= 15 is 0 Å². The molecule has 134 valence electrons. The minimum absolute atomic E-state index is 0.229. The summed E-state index contributed by atoms with van der Waals surface area (Å²) in [4.78, 5) is 17.1. The molecule has 0 aliphatic rings. The van der Waals surface area contributed by atoms with Crippen LogP contribution in [0, 0.1) is 0 Å². The summed E-state index contributed by atoms with van der Waals surface area (Å²) in [6, 6.07) is 15.4. The van der Waals surface area contributed by atoms with Gasteiger partial charge in [0.15, 0.2) is 5.13 Å². The van der Waals surface area contributed by atoms with Crippen LogP contribution in [0.4, 0.5) is 5.13 Å². The Balaban J connectivity index is 1.50. The highest BCUT2D eigenvalue weighted by Crippen LogP contribution is 2.25. The first kappa shape index (κ1) is 17.0. The molecule has 4 rings (SSSR count). The number of aromatic nitrogens is 5. The highest BCUT2D eigenvalue weighted by Gasteiger charge is 2.11. The van der Waals surface area contributed by atoms with Crippen LogP contribution in [-0.2, 0) is 6.42 Å². The second-order valence-electron chi connectivity index (χ2n) is 5.85. The van der Waals surface area contributed by atoms with E-state index in [1.165, 1.54) is 27.9 Å². The number of thiazole rings is 1. The summed E-state index contributed by atoms with van der Waals surface area (Å²) in [5.74, 6) is -0.229. The van der Waals surface area contributed by atoms with Gasteiger partial charge < -0.3 is 0 Å². The maximum atomic E-state index is 12.6. The number of aryl methyl sites for hydroxylation is 1. The summed E-state index contributed by atoms with van der Waals surface area (Å²) in [7, 11) is 0. The Morgan fingerprint density at radius 1 is 1.19 bits per heavy atom. The first-order valence-electron chi connectivity index (χ1n) is 8.42. The number of hydrogen-bond donors (Lipinski definition) is 1. The molecule has 8 heteroatoms. The zero-order chi connectivity index (χ0) is 18.6. The Hall–Kier alpha value is -3.39. The number of carbonyl (C=O) groups is 1. The molecule has 2 aromatic heterocycles. The van der Waals surface area contributed by atoms with Crippen molar-refractivity contribution in [2.75, 3.05) is 5.32 Å². The van der Waals surface area contributed by atoms with Gasteiger partial charge in [-0.3, -0.25) is 10.1 Å². The Morgan fingerprint density at radius 2 is 2.04 bits per heavy atom. The van der Waals surface area contributed by atoms with Crippen molar-refractivity contribution in [3.05, 3.63) is 71.4 Å². The van der Waals surface area contributed by atoms with E-state index in [1.807, 2.05) is 11.4 Å². The van der Waals surface area contributed by atoms with Gasteiger partial charge in [0.25, 0.3) is 5.91 Å². The smallest absolute Gasteiger partial charge is 0.257 e. The highest BCUT2D eigenvalue weighted by molar-refractivity contribution is 7.14. The number of hydrogen-bond acceptors (Lipinski definition) is 6. The van der Waals surface area contributed by atoms with Crippen LogP contribution < -0.4 is 5.32 Å². The molecule has 27 heavy (non-hydrogen) atoms. The third kappa shape index (κ3) is 3.75. The summed E-state index contributed by atoms with van der Waals surface area (Å²) in [6.07, 6.45) is 2.48. The number of rotatable bonds is 5. The predicted molar refractivity (Wildman–Crippen MR) is 104 cm³/mol. The van der Waals surface area contributed by atoms with Gasteiger partial charge in [0, 0.05) is 16.5 Å². The molecule has 0 saturated heterocycles. The minimum Gasteiger partial charge on any atom is -0.298 e. The molecule has 0 unspecified atom stereocenters. The maximum absolute atomic E-state index is 12.6. The van der Waals surface area contributed by atoms with Gasteiger partial charge in [-0.15, -0.1) is 16.4 Å². The third-order valence-corrected chi connectivity index (χ3v) is 4.86. The fraction of sp³-hybridized carbons (Fsp3) is 0.105. The van der Waals surface area contributed by atoms with Gasteiger partial charge in [-0.1, -0.05) is 37.3 Å². The lowest BCUT2D eigenvalue weighted by Crippen LogP contribution is -2.12. The van der Waals surface area contributed by atoms with E-state index in [-0.39, 0.29) is 5.91 Å². The Morgan fingerprint density at radius 3 is 2.78 bits per heavy atom. The number of nitrogens with one attached hydrogen (secondary N) is 1. The fourth-order valence-corrected chi connectivity index (χ4v) is 3.33. The topological polar surface area (TPSA) is 85.6 Å². The molecule has 0 fully saturated rings. The molecule has 7 nitrogen and oxygen atoms in total.